The van der Waals surface area contributed by atoms with E-state index in [9.17, 15) is 19.5 Å². The molecule has 4 rings (SSSR count). The van der Waals surface area contributed by atoms with E-state index < -0.39 is 29.2 Å². The van der Waals surface area contributed by atoms with E-state index in [1.807, 2.05) is 0 Å². The number of anilines is 1. The molecule has 2 saturated heterocycles. The van der Waals surface area contributed by atoms with E-state index in [-0.39, 0.29) is 51.8 Å². The summed E-state index contributed by atoms with van der Waals surface area (Å²) in [6.07, 6.45) is 0.934. The Balaban J connectivity index is 0.00000306. The van der Waals surface area contributed by atoms with Gasteiger partial charge in [0.25, 0.3) is 11.8 Å². The van der Waals surface area contributed by atoms with Gasteiger partial charge in [-0.05, 0) is 12.3 Å². The fourth-order valence-electron chi connectivity index (χ4n) is 3.53. The number of nitrogen functional groups attached to an aromatic ring is 1. The Morgan fingerprint density at radius 2 is 2.30 bits per heavy atom. The third-order valence-corrected chi connectivity index (χ3v) is 8.55. The molecule has 0 spiro atoms. The van der Waals surface area contributed by atoms with E-state index in [0.29, 0.717) is 35.5 Å². The first-order valence-corrected chi connectivity index (χ1v) is 12.5. The molecular formula is C18H20N5NaO6S3. The van der Waals surface area contributed by atoms with Crippen LogP contribution >= 0.6 is 34.9 Å². The fourth-order valence-corrected chi connectivity index (χ4v) is 6.82. The molecule has 15 heteroatoms. The zero-order valence-corrected chi connectivity index (χ0v) is 22.4. The number of carboxylic acid groups (broad SMARTS) is 1. The molecule has 172 valence electrons. The van der Waals surface area contributed by atoms with Gasteiger partial charge in [-0.15, -0.1) is 34.9 Å². The van der Waals surface area contributed by atoms with Gasteiger partial charge in [-0.1, -0.05) is 5.16 Å². The number of thioether (sulfide) groups is 2. The van der Waals surface area contributed by atoms with Gasteiger partial charge in [0.2, 0.25) is 0 Å². The maximum Gasteiger partial charge on any atom is 1.00 e. The Hall–Kier alpha value is -1.29. The van der Waals surface area contributed by atoms with Crippen LogP contribution in [0.3, 0.4) is 0 Å². The summed E-state index contributed by atoms with van der Waals surface area (Å²) in [5.74, 6) is -1.12. The number of thiazole rings is 1. The minimum Gasteiger partial charge on any atom is -0.543 e. The van der Waals surface area contributed by atoms with E-state index in [1.165, 1.54) is 35.5 Å². The number of rotatable bonds is 8. The molecule has 0 aliphatic carbocycles. The number of hydrogen-bond donors (Lipinski definition) is 2. The number of oxime groups is 1. The van der Waals surface area contributed by atoms with Crippen molar-refractivity contribution in [3.05, 3.63) is 21.7 Å². The second-order valence-electron chi connectivity index (χ2n) is 7.15. The quantitative estimate of drug-likeness (QED) is 0.150. The molecule has 3 N–H and O–H groups in total. The minimum absolute atomic E-state index is 0. The van der Waals surface area contributed by atoms with E-state index in [1.54, 1.807) is 5.38 Å². The summed E-state index contributed by atoms with van der Waals surface area (Å²) < 4.78 is 5.36. The van der Waals surface area contributed by atoms with Gasteiger partial charge in [-0.2, -0.15) is 0 Å². The first-order valence-electron chi connectivity index (χ1n) is 9.63. The minimum atomic E-state index is -1.40. The topological polar surface area (TPSA) is 159 Å². The zero-order valence-electron chi connectivity index (χ0n) is 17.9. The number of β-lactam (4-membered cyclic amide) rings is 1. The SMILES string of the molecule is CO/N=C(\C(=O)NC1C(=O)N2C(C(=O)[O-])=C(SCC3CCOC3)CS[C@@H]12)c1csc(N)n1.[Na+]. The largest absolute Gasteiger partial charge is 1.00 e. The first kappa shape index (κ1) is 26.3. The van der Waals surface area contributed by atoms with Gasteiger partial charge < -0.3 is 30.5 Å². The summed E-state index contributed by atoms with van der Waals surface area (Å²) in [6, 6.07) is -0.908. The van der Waals surface area contributed by atoms with E-state index >= 15 is 0 Å². The van der Waals surface area contributed by atoms with Crippen LogP contribution in [0.5, 0.6) is 0 Å². The van der Waals surface area contributed by atoms with Gasteiger partial charge in [0.15, 0.2) is 10.8 Å². The average molecular weight is 522 g/mol. The number of hydrogen-bond acceptors (Lipinski definition) is 12. The summed E-state index contributed by atoms with van der Waals surface area (Å²) in [6.45, 7) is 1.37. The molecule has 0 aromatic carbocycles. The fraction of sp³-hybridized carbons (Fsp3) is 0.500. The average Bonchev–Trinajstić information content (AvgIpc) is 3.45. The number of carbonyl (C=O) groups excluding carboxylic acids is 3. The van der Waals surface area contributed by atoms with Gasteiger partial charge in [0, 0.05) is 28.4 Å². The Morgan fingerprint density at radius 1 is 1.52 bits per heavy atom. The van der Waals surface area contributed by atoms with Crippen LogP contribution in [-0.2, 0) is 24.0 Å². The molecule has 2 amide bonds. The Morgan fingerprint density at radius 3 is 2.91 bits per heavy atom. The molecule has 0 radical (unpaired) electrons. The molecule has 11 nitrogen and oxygen atoms in total. The molecule has 33 heavy (non-hydrogen) atoms. The van der Waals surface area contributed by atoms with E-state index in [4.69, 9.17) is 15.3 Å². The van der Waals surface area contributed by atoms with E-state index in [0.717, 1.165) is 17.8 Å². The molecule has 2 unspecified atom stereocenters. The second-order valence-corrected chi connectivity index (χ2v) is 10.3. The number of amides is 2. The van der Waals surface area contributed by atoms with Crippen molar-refractivity contribution >= 4 is 63.5 Å². The normalized spacial score (nSPS) is 24.6. The molecule has 2 fully saturated rings. The smallest absolute Gasteiger partial charge is 0.543 e. The monoisotopic (exact) mass is 521 g/mol. The van der Waals surface area contributed by atoms with Crippen LogP contribution in [0.25, 0.3) is 0 Å². The van der Waals surface area contributed by atoms with Crippen molar-refractivity contribution in [1.82, 2.24) is 15.2 Å². The number of carbonyl (C=O) groups is 3. The number of aliphatic carboxylic acids is 1. The first-order chi connectivity index (χ1) is 15.4. The Labute approximate surface area is 224 Å². The number of nitrogens with zero attached hydrogens (tertiary/aromatic N) is 3. The maximum absolute atomic E-state index is 12.8. The Kier molecular flexibility index (Phi) is 9.11. The predicted molar refractivity (Wildman–Crippen MR) is 119 cm³/mol. The van der Waals surface area contributed by atoms with Gasteiger partial charge >= 0.3 is 29.6 Å². The zero-order chi connectivity index (χ0) is 22.8. The van der Waals surface area contributed by atoms with Crippen LogP contribution < -0.4 is 45.7 Å². The Bertz CT molecular complexity index is 996. The summed E-state index contributed by atoms with van der Waals surface area (Å²) in [5.41, 5.74) is 5.60. The third-order valence-electron chi connectivity index (χ3n) is 5.09. The maximum atomic E-state index is 12.8. The third kappa shape index (κ3) is 5.52. The van der Waals surface area contributed by atoms with Crippen LogP contribution in [0.1, 0.15) is 12.1 Å². The van der Waals surface area contributed by atoms with Crippen molar-refractivity contribution in [3.63, 3.8) is 0 Å². The molecule has 3 aliphatic heterocycles. The molecule has 0 bridgehead atoms. The molecule has 4 heterocycles. The van der Waals surface area contributed by atoms with E-state index in [2.05, 4.69) is 15.5 Å². The molecule has 3 atom stereocenters. The van der Waals surface area contributed by atoms with Crippen molar-refractivity contribution < 1.29 is 58.6 Å². The number of nitrogens with two attached hydrogens (primary N) is 1. The number of ether oxygens (including phenoxy) is 1. The summed E-state index contributed by atoms with van der Waals surface area (Å²) in [4.78, 5) is 48.0. The van der Waals surface area contributed by atoms with Crippen molar-refractivity contribution in [2.75, 3.05) is 37.6 Å². The van der Waals surface area contributed by atoms with Crippen LogP contribution in [0, 0.1) is 5.92 Å². The van der Waals surface area contributed by atoms with Crippen LogP contribution in [-0.4, -0.2) is 76.6 Å². The van der Waals surface area contributed by atoms with Gasteiger partial charge in [-0.3, -0.25) is 14.5 Å². The molecule has 1 aromatic rings. The summed E-state index contributed by atoms with van der Waals surface area (Å²) in [5, 5.41) is 19.4. The van der Waals surface area contributed by atoms with Crippen molar-refractivity contribution in [2.45, 2.75) is 17.8 Å². The van der Waals surface area contributed by atoms with Crippen molar-refractivity contribution in [1.29, 1.82) is 0 Å². The van der Waals surface area contributed by atoms with Gasteiger partial charge in [-0.25, -0.2) is 4.98 Å². The van der Waals surface area contributed by atoms with Crippen molar-refractivity contribution in [2.24, 2.45) is 11.1 Å². The number of fused-ring (bicyclic) bond motifs is 1. The molecule has 1 aromatic heterocycles. The number of aromatic nitrogens is 1. The number of nitrogens with one attached hydrogen (secondary N) is 1. The van der Waals surface area contributed by atoms with Crippen LogP contribution in [0.15, 0.2) is 21.1 Å². The predicted octanol–water partition coefficient (Wildman–Crippen LogP) is -3.79. The van der Waals surface area contributed by atoms with Gasteiger partial charge in [0.05, 0.1) is 18.3 Å². The number of carboxylic acids is 1. The standard InChI is InChI=1S/C18H21N5O6S3.Na/c1-28-22-11(9-6-32-18(19)20-9)14(24)21-12-15(25)23-13(17(26)27)10(7-31-16(12)23)30-5-8-2-3-29-4-8;/h6,8,12,16H,2-5,7H2,1H3,(H2,19,20)(H,21,24)(H,26,27);/q;+1/p-1/b22-11-;/t8?,12?,16-;/m0./s1. The summed E-state index contributed by atoms with van der Waals surface area (Å²) >= 11 is 3.94. The summed E-state index contributed by atoms with van der Waals surface area (Å²) in [7, 11) is 1.28. The van der Waals surface area contributed by atoms with Gasteiger partial charge in [0.1, 0.15) is 24.2 Å². The van der Waals surface area contributed by atoms with Crippen LogP contribution in [0.4, 0.5) is 5.13 Å². The molecular weight excluding hydrogens is 501 g/mol. The molecule has 0 saturated carbocycles. The van der Waals surface area contributed by atoms with Crippen LogP contribution in [0.2, 0.25) is 0 Å². The second kappa shape index (κ2) is 11.4. The van der Waals surface area contributed by atoms with Crippen molar-refractivity contribution in [3.8, 4) is 0 Å². The molecule has 3 aliphatic rings.